The lowest BCUT2D eigenvalue weighted by Crippen LogP contribution is -2.47. The Kier molecular flexibility index (Phi) is 12.7. The molecule has 2 heterocycles. The van der Waals surface area contributed by atoms with E-state index in [1.54, 1.807) is 23.3 Å². The zero-order valence-corrected chi connectivity index (χ0v) is 22.5. The number of likely N-dealkylation sites (N-methyl/N-ethyl adjacent to an activating group) is 1. The van der Waals surface area contributed by atoms with Gasteiger partial charge in [-0.25, -0.2) is 4.79 Å². The number of carbonyl (C=O) groups excluding carboxylic acids is 1. The number of hydrogen-bond donors (Lipinski definition) is 2. The SMILES string of the molecule is CCN(CCNC(=NC)NCC(c1cccs1)N1CCOCC1)C(=O)OC(C)(C)C.I. The van der Waals surface area contributed by atoms with E-state index in [0.717, 1.165) is 38.8 Å². The van der Waals surface area contributed by atoms with E-state index in [9.17, 15) is 4.79 Å². The van der Waals surface area contributed by atoms with Gasteiger partial charge < -0.3 is 25.0 Å². The Morgan fingerprint density at radius 3 is 2.61 bits per heavy atom. The van der Waals surface area contributed by atoms with Gasteiger partial charge in [0.05, 0.1) is 19.3 Å². The Hall–Kier alpha value is -1.11. The van der Waals surface area contributed by atoms with E-state index in [1.165, 1.54) is 4.88 Å². The van der Waals surface area contributed by atoms with Crippen LogP contribution >= 0.6 is 35.3 Å². The average Bonchev–Trinajstić information content (AvgIpc) is 3.23. The summed E-state index contributed by atoms with van der Waals surface area (Å²) >= 11 is 1.78. The van der Waals surface area contributed by atoms with Crippen LogP contribution in [0.15, 0.2) is 22.5 Å². The van der Waals surface area contributed by atoms with Crippen molar-refractivity contribution in [3.05, 3.63) is 22.4 Å². The molecule has 1 aliphatic heterocycles. The number of halogens is 1. The topological polar surface area (TPSA) is 78.4 Å². The van der Waals surface area contributed by atoms with E-state index in [-0.39, 0.29) is 36.1 Å². The highest BCUT2D eigenvalue weighted by molar-refractivity contribution is 14.0. The Morgan fingerprint density at radius 1 is 1.35 bits per heavy atom. The zero-order chi connectivity index (χ0) is 22.0. The number of ether oxygens (including phenoxy) is 2. The Balaban J connectivity index is 0.00000480. The van der Waals surface area contributed by atoms with Crippen LogP contribution in [0.4, 0.5) is 4.79 Å². The summed E-state index contributed by atoms with van der Waals surface area (Å²) in [5.74, 6) is 0.727. The second-order valence-electron chi connectivity index (χ2n) is 8.12. The summed E-state index contributed by atoms with van der Waals surface area (Å²) in [6.07, 6.45) is -0.292. The van der Waals surface area contributed by atoms with Gasteiger partial charge in [0.1, 0.15) is 5.60 Å². The molecule has 1 atom stereocenters. The van der Waals surface area contributed by atoms with Crippen LogP contribution in [0, 0.1) is 0 Å². The minimum absolute atomic E-state index is 0. The van der Waals surface area contributed by atoms with Crippen LogP contribution in [-0.2, 0) is 9.47 Å². The van der Waals surface area contributed by atoms with Gasteiger partial charge in [-0.3, -0.25) is 9.89 Å². The van der Waals surface area contributed by atoms with Gasteiger partial charge in [-0.15, -0.1) is 35.3 Å². The molecule has 0 aliphatic carbocycles. The summed E-state index contributed by atoms with van der Waals surface area (Å²) < 4.78 is 11.0. The number of nitrogens with one attached hydrogen (secondary N) is 2. The molecule has 0 aromatic carbocycles. The van der Waals surface area contributed by atoms with Crippen LogP contribution < -0.4 is 10.6 Å². The quantitative estimate of drug-likeness (QED) is 0.286. The summed E-state index contributed by atoms with van der Waals surface area (Å²) in [4.78, 5) is 22.1. The normalized spacial score (nSPS) is 16.2. The van der Waals surface area contributed by atoms with Gasteiger partial charge in [0.15, 0.2) is 5.96 Å². The van der Waals surface area contributed by atoms with Crippen molar-refractivity contribution in [2.24, 2.45) is 4.99 Å². The minimum Gasteiger partial charge on any atom is -0.444 e. The van der Waals surface area contributed by atoms with E-state index in [1.807, 2.05) is 27.7 Å². The van der Waals surface area contributed by atoms with Crippen molar-refractivity contribution in [2.75, 3.05) is 59.5 Å². The molecule has 0 bridgehead atoms. The van der Waals surface area contributed by atoms with Crippen LogP contribution in [0.5, 0.6) is 0 Å². The van der Waals surface area contributed by atoms with E-state index < -0.39 is 5.60 Å². The Bertz CT molecular complexity index is 660. The van der Waals surface area contributed by atoms with E-state index in [0.29, 0.717) is 19.6 Å². The summed E-state index contributed by atoms with van der Waals surface area (Å²) in [7, 11) is 1.76. The monoisotopic (exact) mass is 567 g/mol. The first kappa shape index (κ1) is 27.9. The van der Waals surface area contributed by atoms with Gasteiger partial charge in [0.25, 0.3) is 0 Å². The van der Waals surface area contributed by atoms with Crippen molar-refractivity contribution < 1.29 is 14.3 Å². The third-order valence-electron chi connectivity index (χ3n) is 4.75. The first-order valence-corrected chi connectivity index (χ1v) is 11.5. The number of rotatable bonds is 8. The molecule has 1 aromatic heterocycles. The van der Waals surface area contributed by atoms with Crippen molar-refractivity contribution in [2.45, 2.75) is 39.3 Å². The van der Waals surface area contributed by atoms with E-state index >= 15 is 0 Å². The molecule has 1 aromatic rings. The minimum atomic E-state index is -0.494. The van der Waals surface area contributed by atoms with Crippen LogP contribution in [-0.4, -0.2) is 87.0 Å². The summed E-state index contributed by atoms with van der Waals surface area (Å²) in [6, 6.07) is 4.56. The molecule has 1 amide bonds. The lowest BCUT2D eigenvalue weighted by atomic mass is 10.2. The Morgan fingerprint density at radius 2 is 2.06 bits per heavy atom. The van der Waals surface area contributed by atoms with E-state index in [2.05, 4.69) is 38.0 Å². The summed E-state index contributed by atoms with van der Waals surface area (Å²) in [5, 5.41) is 8.86. The van der Waals surface area contributed by atoms with Gasteiger partial charge >= 0.3 is 6.09 Å². The number of amides is 1. The van der Waals surface area contributed by atoms with Gasteiger partial charge in [0.2, 0.25) is 0 Å². The zero-order valence-electron chi connectivity index (χ0n) is 19.3. The number of morpholine rings is 1. The summed E-state index contributed by atoms with van der Waals surface area (Å²) in [5.41, 5.74) is -0.494. The predicted molar refractivity (Wildman–Crippen MR) is 138 cm³/mol. The lowest BCUT2D eigenvalue weighted by molar-refractivity contribution is 0.0176. The molecule has 0 spiro atoms. The first-order valence-electron chi connectivity index (χ1n) is 10.6. The lowest BCUT2D eigenvalue weighted by Gasteiger charge is -2.34. The fourth-order valence-electron chi connectivity index (χ4n) is 3.21. The van der Waals surface area contributed by atoms with Crippen LogP contribution in [0.2, 0.25) is 0 Å². The Labute approximate surface area is 207 Å². The number of guanidine groups is 1. The van der Waals surface area contributed by atoms with Crippen molar-refractivity contribution in [1.82, 2.24) is 20.4 Å². The van der Waals surface area contributed by atoms with Crippen LogP contribution in [0.25, 0.3) is 0 Å². The maximum absolute atomic E-state index is 12.3. The second kappa shape index (κ2) is 14.1. The second-order valence-corrected chi connectivity index (χ2v) is 9.10. The third-order valence-corrected chi connectivity index (χ3v) is 5.73. The molecule has 1 saturated heterocycles. The molecule has 0 radical (unpaired) electrons. The third kappa shape index (κ3) is 9.92. The number of carbonyl (C=O) groups is 1. The van der Waals surface area contributed by atoms with Gasteiger partial charge in [-0.05, 0) is 39.1 Å². The number of aliphatic imine (C=N–C) groups is 1. The molecule has 0 saturated carbocycles. The number of thiophene rings is 1. The van der Waals surface area contributed by atoms with Crippen molar-refractivity contribution in [3.63, 3.8) is 0 Å². The van der Waals surface area contributed by atoms with Gasteiger partial charge in [-0.1, -0.05) is 6.07 Å². The van der Waals surface area contributed by atoms with Gasteiger partial charge in [0, 0.05) is 51.2 Å². The molecule has 8 nitrogen and oxygen atoms in total. The smallest absolute Gasteiger partial charge is 0.410 e. The van der Waals surface area contributed by atoms with E-state index in [4.69, 9.17) is 9.47 Å². The molecular weight excluding hydrogens is 529 g/mol. The standard InChI is InChI=1S/C21H37N5O3S.HI/c1-6-25(20(27)29-21(2,3)4)10-9-23-19(22-5)24-16-17(18-8-7-15-30-18)26-11-13-28-14-12-26;/h7-8,15,17H,6,9-14,16H2,1-5H3,(H2,22,23,24);1H. The molecule has 178 valence electrons. The van der Waals surface area contributed by atoms with Crippen molar-refractivity contribution >= 4 is 47.4 Å². The molecule has 1 aliphatic rings. The molecule has 2 N–H and O–H groups in total. The largest absolute Gasteiger partial charge is 0.444 e. The molecule has 1 unspecified atom stereocenters. The maximum Gasteiger partial charge on any atom is 0.410 e. The number of nitrogens with zero attached hydrogens (tertiary/aromatic N) is 3. The molecule has 1 fully saturated rings. The predicted octanol–water partition coefficient (Wildman–Crippen LogP) is 3.16. The highest BCUT2D eigenvalue weighted by Crippen LogP contribution is 2.25. The first-order chi connectivity index (χ1) is 14.3. The fraction of sp³-hybridized carbons (Fsp3) is 0.714. The van der Waals surface area contributed by atoms with Crippen LogP contribution in [0.1, 0.15) is 38.6 Å². The molecule has 10 heteroatoms. The van der Waals surface area contributed by atoms with Crippen molar-refractivity contribution in [3.8, 4) is 0 Å². The maximum atomic E-state index is 12.3. The molecule has 31 heavy (non-hydrogen) atoms. The molecular formula is C21H38IN5O3S. The van der Waals surface area contributed by atoms with Crippen molar-refractivity contribution in [1.29, 1.82) is 0 Å². The number of hydrogen-bond acceptors (Lipinski definition) is 6. The highest BCUT2D eigenvalue weighted by atomic mass is 127. The van der Waals surface area contributed by atoms with Crippen LogP contribution in [0.3, 0.4) is 0 Å². The highest BCUT2D eigenvalue weighted by Gasteiger charge is 2.24. The molecule has 2 rings (SSSR count). The average molecular weight is 568 g/mol. The summed E-state index contributed by atoms with van der Waals surface area (Å²) in [6.45, 7) is 13.5. The van der Waals surface area contributed by atoms with Gasteiger partial charge in [-0.2, -0.15) is 0 Å². The fourth-order valence-corrected chi connectivity index (χ4v) is 4.07.